The van der Waals surface area contributed by atoms with Crippen LogP contribution in [0.2, 0.25) is 0 Å². The summed E-state index contributed by atoms with van der Waals surface area (Å²) in [5.74, 6) is -0.398. The van der Waals surface area contributed by atoms with Gasteiger partial charge in [-0.1, -0.05) is 11.8 Å². The zero-order chi connectivity index (χ0) is 16.8. The Bertz CT molecular complexity index is 585. The molecule has 4 amide bonds. The molecule has 0 aliphatic carbocycles. The van der Waals surface area contributed by atoms with E-state index < -0.39 is 17.2 Å². The maximum atomic E-state index is 12.2. The van der Waals surface area contributed by atoms with E-state index in [-0.39, 0.29) is 5.91 Å². The minimum atomic E-state index is -0.540. The SMILES string of the molecule is CNC(=O)NC(=O)[C@H](C)Sc1ccc(C(=O)N2CCCC2)cn1. The van der Waals surface area contributed by atoms with E-state index in [1.165, 1.54) is 25.0 Å². The number of carbonyl (C=O) groups is 3. The van der Waals surface area contributed by atoms with Gasteiger partial charge in [0.25, 0.3) is 5.91 Å². The maximum Gasteiger partial charge on any atom is 0.321 e. The molecule has 0 bridgehead atoms. The Morgan fingerprint density at radius 1 is 1.26 bits per heavy atom. The van der Waals surface area contributed by atoms with Gasteiger partial charge < -0.3 is 10.2 Å². The Balaban J connectivity index is 1.92. The van der Waals surface area contributed by atoms with Crippen LogP contribution in [-0.2, 0) is 4.79 Å². The van der Waals surface area contributed by atoms with E-state index in [2.05, 4.69) is 15.6 Å². The standard InChI is InChI=1S/C15H20N4O3S/c1-10(13(20)18-15(22)16-2)23-12-6-5-11(9-17-12)14(21)19-7-3-4-8-19/h5-6,9-10H,3-4,7-8H2,1-2H3,(H2,16,18,20,22)/t10-/m0/s1. The predicted molar refractivity (Wildman–Crippen MR) is 87.3 cm³/mol. The molecular weight excluding hydrogens is 316 g/mol. The molecule has 124 valence electrons. The molecule has 2 rings (SSSR count). The van der Waals surface area contributed by atoms with E-state index in [1.807, 2.05) is 4.90 Å². The molecule has 1 aromatic rings. The van der Waals surface area contributed by atoms with Crippen LogP contribution in [0.5, 0.6) is 0 Å². The zero-order valence-electron chi connectivity index (χ0n) is 13.2. The Labute approximate surface area is 139 Å². The highest BCUT2D eigenvalue weighted by atomic mass is 32.2. The molecule has 23 heavy (non-hydrogen) atoms. The molecule has 1 fully saturated rings. The zero-order valence-corrected chi connectivity index (χ0v) is 14.0. The number of carbonyl (C=O) groups excluding carboxylic acids is 3. The van der Waals surface area contributed by atoms with Crippen molar-refractivity contribution >= 4 is 29.6 Å². The fourth-order valence-electron chi connectivity index (χ4n) is 2.19. The van der Waals surface area contributed by atoms with Gasteiger partial charge in [-0.2, -0.15) is 0 Å². The van der Waals surface area contributed by atoms with Gasteiger partial charge in [0, 0.05) is 26.3 Å². The first-order valence-corrected chi connectivity index (χ1v) is 8.34. The molecule has 7 nitrogen and oxygen atoms in total. The summed E-state index contributed by atoms with van der Waals surface area (Å²) < 4.78 is 0. The third kappa shape index (κ3) is 4.69. The molecule has 0 spiro atoms. The van der Waals surface area contributed by atoms with Crippen LogP contribution in [0.3, 0.4) is 0 Å². The van der Waals surface area contributed by atoms with Crippen LogP contribution in [-0.4, -0.2) is 53.1 Å². The summed E-state index contributed by atoms with van der Waals surface area (Å²) in [6.45, 7) is 3.28. The monoisotopic (exact) mass is 336 g/mol. The van der Waals surface area contributed by atoms with Crippen LogP contribution in [0.25, 0.3) is 0 Å². The molecular formula is C15H20N4O3S. The van der Waals surface area contributed by atoms with E-state index in [9.17, 15) is 14.4 Å². The van der Waals surface area contributed by atoms with Gasteiger partial charge in [0.15, 0.2) is 0 Å². The number of thioether (sulfide) groups is 1. The quantitative estimate of drug-likeness (QED) is 0.808. The summed E-state index contributed by atoms with van der Waals surface area (Å²) in [5, 5.41) is 4.70. The number of nitrogens with zero attached hydrogens (tertiary/aromatic N) is 2. The van der Waals surface area contributed by atoms with Gasteiger partial charge in [-0.15, -0.1) is 0 Å². The number of likely N-dealkylation sites (tertiary alicyclic amines) is 1. The lowest BCUT2D eigenvalue weighted by Crippen LogP contribution is -2.41. The lowest BCUT2D eigenvalue weighted by molar-refractivity contribution is -0.119. The third-order valence-electron chi connectivity index (χ3n) is 3.51. The highest BCUT2D eigenvalue weighted by Gasteiger charge is 2.20. The Kier molecular flexibility index (Phi) is 5.97. The first kappa shape index (κ1) is 17.3. The maximum absolute atomic E-state index is 12.2. The topological polar surface area (TPSA) is 91.4 Å². The molecule has 0 radical (unpaired) electrons. The van der Waals surface area contributed by atoms with E-state index in [1.54, 1.807) is 19.1 Å². The molecule has 8 heteroatoms. The van der Waals surface area contributed by atoms with Gasteiger partial charge in [0.05, 0.1) is 15.8 Å². The fraction of sp³-hybridized carbons (Fsp3) is 0.467. The summed E-state index contributed by atoms with van der Waals surface area (Å²) in [4.78, 5) is 41.2. The summed E-state index contributed by atoms with van der Waals surface area (Å²) in [7, 11) is 1.44. The number of nitrogens with one attached hydrogen (secondary N) is 2. The minimum Gasteiger partial charge on any atom is -0.341 e. The van der Waals surface area contributed by atoms with Crippen molar-refractivity contribution in [2.75, 3.05) is 20.1 Å². The van der Waals surface area contributed by atoms with Crippen molar-refractivity contribution in [3.63, 3.8) is 0 Å². The van der Waals surface area contributed by atoms with Crippen LogP contribution in [0.1, 0.15) is 30.1 Å². The Morgan fingerprint density at radius 2 is 1.96 bits per heavy atom. The molecule has 0 aromatic carbocycles. The molecule has 2 N–H and O–H groups in total. The number of pyridine rings is 1. The summed E-state index contributed by atoms with van der Waals surface area (Å²) >= 11 is 1.23. The molecule has 0 saturated carbocycles. The Morgan fingerprint density at radius 3 is 2.52 bits per heavy atom. The molecule has 2 heterocycles. The van der Waals surface area contributed by atoms with Gasteiger partial charge in [-0.3, -0.25) is 14.9 Å². The first-order chi connectivity index (χ1) is 11.0. The highest BCUT2D eigenvalue weighted by Crippen LogP contribution is 2.22. The van der Waals surface area contributed by atoms with Crippen molar-refractivity contribution in [3.05, 3.63) is 23.9 Å². The average molecular weight is 336 g/mol. The van der Waals surface area contributed by atoms with Crippen molar-refractivity contribution < 1.29 is 14.4 Å². The van der Waals surface area contributed by atoms with Crippen molar-refractivity contribution in [2.45, 2.75) is 30.0 Å². The molecule has 1 aliphatic rings. The second-order valence-corrected chi connectivity index (χ2v) is 6.57. The number of imide groups is 1. The van der Waals surface area contributed by atoms with E-state index >= 15 is 0 Å². The van der Waals surface area contributed by atoms with Crippen LogP contribution < -0.4 is 10.6 Å². The van der Waals surface area contributed by atoms with Crippen molar-refractivity contribution in [3.8, 4) is 0 Å². The minimum absolute atomic E-state index is 0.00282. The fourth-order valence-corrected chi connectivity index (χ4v) is 2.98. The van der Waals surface area contributed by atoms with E-state index in [0.717, 1.165) is 25.9 Å². The highest BCUT2D eigenvalue weighted by molar-refractivity contribution is 8.00. The number of amides is 4. The lowest BCUT2D eigenvalue weighted by Gasteiger charge is -2.15. The van der Waals surface area contributed by atoms with Gasteiger partial charge in [-0.05, 0) is 31.9 Å². The number of hydrogen-bond donors (Lipinski definition) is 2. The molecule has 1 aliphatic heterocycles. The third-order valence-corrected chi connectivity index (χ3v) is 4.56. The Hall–Kier alpha value is -2.09. The van der Waals surface area contributed by atoms with Gasteiger partial charge in [0.2, 0.25) is 5.91 Å². The molecule has 1 atom stereocenters. The summed E-state index contributed by atoms with van der Waals surface area (Å²) in [6.07, 6.45) is 3.63. The molecule has 1 aromatic heterocycles. The second-order valence-electron chi connectivity index (χ2n) is 5.21. The van der Waals surface area contributed by atoms with Crippen molar-refractivity contribution in [1.82, 2.24) is 20.5 Å². The number of aromatic nitrogens is 1. The first-order valence-electron chi connectivity index (χ1n) is 7.46. The van der Waals surface area contributed by atoms with Gasteiger partial charge in [-0.25, -0.2) is 9.78 Å². The largest absolute Gasteiger partial charge is 0.341 e. The number of rotatable bonds is 4. The summed E-state index contributed by atoms with van der Waals surface area (Å²) in [6, 6.07) is 2.90. The second kappa shape index (κ2) is 7.96. The van der Waals surface area contributed by atoms with Crippen molar-refractivity contribution in [1.29, 1.82) is 0 Å². The van der Waals surface area contributed by atoms with Crippen LogP contribution in [0.4, 0.5) is 4.79 Å². The van der Waals surface area contributed by atoms with Gasteiger partial charge in [0.1, 0.15) is 0 Å². The average Bonchev–Trinajstić information content (AvgIpc) is 3.09. The summed E-state index contributed by atoms with van der Waals surface area (Å²) in [5.41, 5.74) is 0.554. The van der Waals surface area contributed by atoms with Crippen LogP contribution in [0.15, 0.2) is 23.4 Å². The van der Waals surface area contributed by atoms with E-state index in [4.69, 9.17) is 0 Å². The van der Waals surface area contributed by atoms with Gasteiger partial charge >= 0.3 is 6.03 Å². The molecule has 1 saturated heterocycles. The smallest absolute Gasteiger partial charge is 0.321 e. The van der Waals surface area contributed by atoms with Crippen LogP contribution in [0, 0.1) is 0 Å². The number of hydrogen-bond acceptors (Lipinski definition) is 5. The predicted octanol–water partition coefficient (Wildman–Crippen LogP) is 1.25. The number of urea groups is 1. The lowest BCUT2D eigenvalue weighted by atomic mass is 10.2. The van der Waals surface area contributed by atoms with Crippen LogP contribution >= 0.6 is 11.8 Å². The molecule has 0 unspecified atom stereocenters. The van der Waals surface area contributed by atoms with E-state index in [0.29, 0.717) is 10.6 Å². The normalized spacial score (nSPS) is 15.1. The van der Waals surface area contributed by atoms with Crippen molar-refractivity contribution in [2.24, 2.45) is 0 Å².